The molecule has 0 bridgehead atoms. The Morgan fingerprint density at radius 3 is 1.18 bits per heavy atom. The highest BCUT2D eigenvalue weighted by Gasteiger charge is 2.41. The standard InChI is InChI=1S/C22H42N4O2/c1-19(25(3)15-7-5-8-16-25)21(27)23-11-13-24(14-12-23)22(28)20(2)26(4)17-9-6-10-18-26/h19-20H,5-18H2,1-4H3/q+2. The molecule has 3 fully saturated rings. The van der Waals surface area contributed by atoms with Crippen molar-refractivity contribution in [1.82, 2.24) is 9.80 Å². The van der Waals surface area contributed by atoms with Crippen molar-refractivity contribution in [2.75, 3.05) is 66.5 Å². The summed E-state index contributed by atoms with van der Waals surface area (Å²) < 4.78 is 1.76. The van der Waals surface area contributed by atoms with E-state index in [1.54, 1.807) is 0 Å². The van der Waals surface area contributed by atoms with Crippen molar-refractivity contribution in [3.05, 3.63) is 0 Å². The van der Waals surface area contributed by atoms with E-state index in [9.17, 15) is 9.59 Å². The summed E-state index contributed by atoms with van der Waals surface area (Å²) >= 11 is 0. The van der Waals surface area contributed by atoms with Crippen LogP contribution in [0.25, 0.3) is 0 Å². The fourth-order valence-electron chi connectivity index (χ4n) is 5.45. The molecule has 2 atom stereocenters. The van der Waals surface area contributed by atoms with Gasteiger partial charge in [-0.15, -0.1) is 0 Å². The summed E-state index contributed by atoms with van der Waals surface area (Å²) in [6.07, 6.45) is 7.50. The Labute approximate surface area is 171 Å². The van der Waals surface area contributed by atoms with Crippen LogP contribution in [-0.4, -0.2) is 109 Å². The van der Waals surface area contributed by atoms with E-state index >= 15 is 0 Å². The molecule has 3 rings (SSSR count). The third kappa shape index (κ3) is 4.38. The summed E-state index contributed by atoms with van der Waals surface area (Å²) in [7, 11) is 4.48. The van der Waals surface area contributed by atoms with Crippen molar-refractivity contribution in [3.8, 4) is 0 Å². The van der Waals surface area contributed by atoms with Gasteiger partial charge in [0.2, 0.25) is 0 Å². The van der Waals surface area contributed by atoms with Gasteiger partial charge in [-0.1, -0.05) is 0 Å². The first-order valence-corrected chi connectivity index (χ1v) is 11.5. The predicted molar refractivity (Wildman–Crippen MR) is 112 cm³/mol. The number of carbonyl (C=O) groups is 2. The molecule has 160 valence electrons. The first kappa shape index (κ1) is 21.6. The van der Waals surface area contributed by atoms with Crippen LogP contribution in [0, 0.1) is 0 Å². The van der Waals surface area contributed by atoms with E-state index in [1.165, 1.54) is 38.5 Å². The molecular weight excluding hydrogens is 352 g/mol. The molecule has 0 N–H and O–H groups in total. The largest absolute Gasteiger partial charge is 0.334 e. The van der Waals surface area contributed by atoms with Gasteiger partial charge in [0.15, 0.2) is 12.1 Å². The van der Waals surface area contributed by atoms with Crippen LogP contribution in [0.5, 0.6) is 0 Å². The van der Waals surface area contributed by atoms with Crippen LogP contribution < -0.4 is 0 Å². The third-order valence-corrected chi connectivity index (χ3v) is 8.16. The molecule has 0 aromatic heterocycles. The molecule has 3 aliphatic rings. The number of hydrogen-bond acceptors (Lipinski definition) is 2. The first-order chi connectivity index (χ1) is 13.3. The van der Waals surface area contributed by atoms with Gasteiger partial charge in [-0.05, 0) is 52.4 Å². The smallest absolute Gasteiger partial charge is 0.280 e. The van der Waals surface area contributed by atoms with E-state index in [4.69, 9.17) is 0 Å². The van der Waals surface area contributed by atoms with Gasteiger partial charge < -0.3 is 18.8 Å². The second kappa shape index (κ2) is 8.70. The Bertz CT molecular complexity index is 509. The number of piperidine rings is 2. The van der Waals surface area contributed by atoms with Gasteiger partial charge in [-0.25, -0.2) is 0 Å². The summed E-state index contributed by atoms with van der Waals surface area (Å²) in [5, 5.41) is 0. The molecule has 0 saturated carbocycles. The molecule has 6 heteroatoms. The van der Waals surface area contributed by atoms with Gasteiger partial charge >= 0.3 is 0 Å². The van der Waals surface area contributed by atoms with Gasteiger partial charge in [0.1, 0.15) is 0 Å². The summed E-state index contributed by atoms with van der Waals surface area (Å²) in [6.45, 7) is 11.4. The quantitative estimate of drug-likeness (QED) is 0.681. The monoisotopic (exact) mass is 394 g/mol. The summed E-state index contributed by atoms with van der Waals surface area (Å²) in [6, 6.07) is 0.0542. The van der Waals surface area contributed by atoms with Crippen LogP contribution in [0.15, 0.2) is 0 Å². The van der Waals surface area contributed by atoms with Crippen LogP contribution in [-0.2, 0) is 9.59 Å². The Kier molecular flexibility index (Phi) is 6.70. The third-order valence-electron chi connectivity index (χ3n) is 8.16. The maximum absolute atomic E-state index is 13.1. The van der Waals surface area contributed by atoms with Crippen molar-refractivity contribution < 1.29 is 18.6 Å². The van der Waals surface area contributed by atoms with Gasteiger partial charge in [-0.2, -0.15) is 0 Å². The molecule has 6 nitrogen and oxygen atoms in total. The predicted octanol–water partition coefficient (Wildman–Crippen LogP) is 1.70. The number of nitrogens with zero attached hydrogens (tertiary/aromatic N) is 4. The lowest BCUT2D eigenvalue weighted by atomic mass is 10.0. The van der Waals surface area contributed by atoms with E-state index in [0.717, 1.165) is 35.1 Å². The molecule has 3 saturated heterocycles. The summed E-state index contributed by atoms with van der Waals surface area (Å²) in [5.41, 5.74) is 0. The lowest BCUT2D eigenvalue weighted by Gasteiger charge is -2.46. The van der Waals surface area contributed by atoms with Gasteiger partial charge in [0.05, 0.1) is 40.3 Å². The molecule has 0 aromatic rings. The Hall–Kier alpha value is -1.14. The number of likely N-dealkylation sites (tertiary alicyclic amines) is 2. The number of amides is 2. The average molecular weight is 395 g/mol. The Morgan fingerprint density at radius 1 is 0.607 bits per heavy atom. The molecule has 2 unspecified atom stereocenters. The van der Waals surface area contributed by atoms with E-state index in [2.05, 4.69) is 27.9 Å². The Balaban J connectivity index is 1.53. The highest BCUT2D eigenvalue weighted by Crippen LogP contribution is 2.24. The SMILES string of the molecule is CC(C(=O)N1CCN(C(=O)C(C)[N+]2(C)CCCCC2)CC1)[N+]1(C)CCCCC1. The fourth-order valence-corrected chi connectivity index (χ4v) is 5.45. The first-order valence-electron chi connectivity index (χ1n) is 11.5. The van der Waals surface area contributed by atoms with E-state index in [-0.39, 0.29) is 23.9 Å². The highest BCUT2D eigenvalue weighted by molar-refractivity contribution is 5.82. The van der Waals surface area contributed by atoms with Gasteiger partial charge in [-0.3, -0.25) is 9.59 Å². The second-order valence-corrected chi connectivity index (χ2v) is 9.98. The Morgan fingerprint density at radius 2 is 0.893 bits per heavy atom. The van der Waals surface area contributed by atoms with Gasteiger partial charge in [0.25, 0.3) is 11.8 Å². The van der Waals surface area contributed by atoms with Crippen molar-refractivity contribution in [2.24, 2.45) is 0 Å². The van der Waals surface area contributed by atoms with Crippen molar-refractivity contribution in [3.63, 3.8) is 0 Å². The number of hydrogen-bond donors (Lipinski definition) is 0. The van der Waals surface area contributed by atoms with Crippen LogP contribution >= 0.6 is 0 Å². The molecule has 0 spiro atoms. The van der Waals surface area contributed by atoms with Gasteiger partial charge in [0, 0.05) is 26.2 Å². The van der Waals surface area contributed by atoms with E-state index in [1.807, 2.05) is 9.80 Å². The molecule has 0 radical (unpaired) electrons. The van der Waals surface area contributed by atoms with Crippen molar-refractivity contribution in [1.29, 1.82) is 0 Å². The van der Waals surface area contributed by atoms with Crippen molar-refractivity contribution >= 4 is 11.8 Å². The number of carbonyl (C=O) groups excluding carboxylic acids is 2. The molecule has 3 aliphatic heterocycles. The molecule has 3 heterocycles. The maximum atomic E-state index is 13.1. The lowest BCUT2D eigenvalue weighted by Crippen LogP contribution is -2.64. The zero-order valence-electron chi connectivity index (χ0n) is 18.7. The fraction of sp³-hybridized carbons (Fsp3) is 0.909. The lowest BCUT2D eigenvalue weighted by molar-refractivity contribution is -0.927. The number of rotatable bonds is 4. The maximum Gasteiger partial charge on any atom is 0.280 e. The number of quaternary nitrogens is 2. The van der Waals surface area contributed by atoms with Crippen LogP contribution in [0.4, 0.5) is 0 Å². The molecule has 0 aliphatic carbocycles. The average Bonchev–Trinajstić information content (AvgIpc) is 2.73. The van der Waals surface area contributed by atoms with E-state index < -0.39 is 0 Å². The van der Waals surface area contributed by atoms with Crippen LogP contribution in [0.2, 0.25) is 0 Å². The van der Waals surface area contributed by atoms with Crippen molar-refractivity contribution in [2.45, 2.75) is 64.5 Å². The second-order valence-electron chi connectivity index (χ2n) is 9.98. The molecule has 0 aromatic carbocycles. The number of likely N-dealkylation sites (N-methyl/N-ethyl adjacent to an activating group) is 2. The van der Waals surface area contributed by atoms with Crippen LogP contribution in [0.1, 0.15) is 52.4 Å². The minimum atomic E-state index is 0.0271. The van der Waals surface area contributed by atoms with E-state index in [0.29, 0.717) is 26.2 Å². The summed E-state index contributed by atoms with van der Waals surface area (Å²) in [5.74, 6) is 0.555. The zero-order valence-corrected chi connectivity index (χ0v) is 18.7. The highest BCUT2D eigenvalue weighted by atomic mass is 16.2. The molecule has 28 heavy (non-hydrogen) atoms. The zero-order chi connectivity index (χ0) is 20.4. The topological polar surface area (TPSA) is 40.6 Å². The minimum absolute atomic E-state index is 0.0271. The minimum Gasteiger partial charge on any atom is -0.334 e. The van der Waals surface area contributed by atoms with Crippen LogP contribution in [0.3, 0.4) is 0 Å². The normalized spacial score (nSPS) is 27.1. The molecular formula is C22H42N4O2+2. The summed E-state index contributed by atoms with van der Waals surface area (Å²) in [4.78, 5) is 30.2. The molecule has 2 amide bonds. The number of piperazine rings is 1.